The predicted molar refractivity (Wildman–Crippen MR) is 93.7 cm³/mol. The van der Waals surface area contributed by atoms with Gasteiger partial charge in [-0.3, -0.25) is 9.59 Å². The van der Waals surface area contributed by atoms with Crippen molar-refractivity contribution in [2.45, 2.75) is 18.9 Å². The zero-order chi connectivity index (χ0) is 16.1. The Morgan fingerprint density at radius 1 is 1.17 bits per heavy atom. The number of halogens is 1. The Bertz CT molecular complexity index is 682. The lowest BCUT2D eigenvalue weighted by molar-refractivity contribution is 0.0929. The molecule has 0 radical (unpaired) electrons. The van der Waals surface area contributed by atoms with Crippen LogP contribution in [0.15, 0.2) is 47.1 Å². The molecule has 1 aromatic heterocycles. The molecule has 0 saturated carbocycles. The van der Waals surface area contributed by atoms with Crippen LogP contribution in [-0.4, -0.2) is 30.9 Å². The van der Waals surface area contributed by atoms with Crippen LogP contribution in [0.1, 0.15) is 33.8 Å². The standard InChI is InChI=1S/C17H19N3O3.ClH/c21-16(20-14-6-2-8-18-11-14)12-4-1-5-13(10-12)19-17(22)15-7-3-9-23-15;/h1,3-5,7,9-10,14,18H,2,6,8,11H2,(H,19,22)(H,20,21);1H. The fraction of sp³-hybridized carbons (Fsp3) is 0.294. The number of furan rings is 1. The summed E-state index contributed by atoms with van der Waals surface area (Å²) >= 11 is 0. The second-order valence-electron chi connectivity index (χ2n) is 5.53. The maximum absolute atomic E-state index is 12.3. The quantitative estimate of drug-likeness (QED) is 0.791. The van der Waals surface area contributed by atoms with Crippen molar-refractivity contribution in [3.8, 4) is 0 Å². The minimum absolute atomic E-state index is 0. The number of anilines is 1. The average molecular weight is 350 g/mol. The number of hydrogen-bond donors (Lipinski definition) is 3. The Hall–Kier alpha value is -2.31. The molecule has 0 bridgehead atoms. The van der Waals surface area contributed by atoms with Gasteiger partial charge in [-0.2, -0.15) is 0 Å². The van der Waals surface area contributed by atoms with E-state index >= 15 is 0 Å². The number of carbonyl (C=O) groups excluding carboxylic acids is 2. The molecule has 24 heavy (non-hydrogen) atoms. The molecule has 0 spiro atoms. The van der Waals surface area contributed by atoms with E-state index in [0.29, 0.717) is 11.3 Å². The van der Waals surface area contributed by atoms with Gasteiger partial charge in [0, 0.05) is 23.8 Å². The van der Waals surface area contributed by atoms with Crippen LogP contribution in [0.3, 0.4) is 0 Å². The summed E-state index contributed by atoms with van der Waals surface area (Å²) in [6.45, 7) is 1.79. The highest BCUT2D eigenvalue weighted by Gasteiger charge is 2.17. The summed E-state index contributed by atoms with van der Waals surface area (Å²) in [4.78, 5) is 24.3. The van der Waals surface area contributed by atoms with E-state index < -0.39 is 0 Å². The number of amides is 2. The molecule has 1 fully saturated rings. The minimum Gasteiger partial charge on any atom is -0.459 e. The van der Waals surface area contributed by atoms with Crippen LogP contribution in [-0.2, 0) is 0 Å². The lowest BCUT2D eigenvalue weighted by Crippen LogP contribution is -2.45. The molecule has 1 aliphatic rings. The molecule has 1 unspecified atom stereocenters. The SMILES string of the molecule is Cl.O=C(NC1CCCNC1)c1cccc(NC(=O)c2ccco2)c1. The molecular weight excluding hydrogens is 330 g/mol. The molecule has 0 aliphatic carbocycles. The van der Waals surface area contributed by atoms with E-state index in [0.717, 1.165) is 25.9 Å². The third kappa shape index (κ3) is 4.59. The zero-order valence-electron chi connectivity index (χ0n) is 13.1. The molecule has 128 valence electrons. The second-order valence-corrected chi connectivity index (χ2v) is 5.53. The largest absolute Gasteiger partial charge is 0.459 e. The maximum Gasteiger partial charge on any atom is 0.291 e. The van der Waals surface area contributed by atoms with Gasteiger partial charge >= 0.3 is 0 Å². The number of piperidine rings is 1. The first kappa shape index (κ1) is 18.0. The first-order chi connectivity index (χ1) is 11.2. The summed E-state index contributed by atoms with van der Waals surface area (Å²) in [6, 6.07) is 10.3. The first-order valence-electron chi connectivity index (χ1n) is 7.69. The van der Waals surface area contributed by atoms with Gasteiger partial charge in [0.25, 0.3) is 11.8 Å². The molecular formula is C17H20ClN3O3. The van der Waals surface area contributed by atoms with Crippen LogP contribution < -0.4 is 16.0 Å². The van der Waals surface area contributed by atoms with E-state index in [9.17, 15) is 9.59 Å². The Kier molecular flexibility index (Phi) is 6.40. The lowest BCUT2D eigenvalue weighted by Gasteiger charge is -2.23. The van der Waals surface area contributed by atoms with Crippen LogP contribution in [0.4, 0.5) is 5.69 Å². The zero-order valence-corrected chi connectivity index (χ0v) is 13.9. The van der Waals surface area contributed by atoms with E-state index in [4.69, 9.17) is 4.42 Å². The summed E-state index contributed by atoms with van der Waals surface area (Å²) in [5.41, 5.74) is 1.08. The van der Waals surface area contributed by atoms with Crippen LogP contribution in [0.2, 0.25) is 0 Å². The van der Waals surface area contributed by atoms with Gasteiger partial charge in [-0.25, -0.2) is 0 Å². The van der Waals surface area contributed by atoms with Crippen molar-refractivity contribution in [2.24, 2.45) is 0 Å². The third-order valence-electron chi connectivity index (χ3n) is 3.76. The molecule has 1 aliphatic heterocycles. The van der Waals surface area contributed by atoms with Gasteiger partial charge in [0.15, 0.2) is 5.76 Å². The van der Waals surface area contributed by atoms with Gasteiger partial charge in [0.1, 0.15) is 0 Å². The highest BCUT2D eigenvalue weighted by atomic mass is 35.5. The van der Waals surface area contributed by atoms with Gasteiger partial charge in [0.05, 0.1) is 6.26 Å². The summed E-state index contributed by atoms with van der Waals surface area (Å²) in [5.74, 6) is -0.245. The number of nitrogens with one attached hydrogen (secondary N) is 3. The molecule has 1 saturated heterocycles. The Morgan fingerprint density at radius 3 is 2.75 bits per heavy atom. The van der Waals surface area contributed by atoms with Gasteiger partial charge in [-0.05, 0) is 49.7 Å². The van der Waals surface area contributed by atoms with E-state index in [-0.39, 0.29) is 36.0 Å². The van der Waals surface area contributed by atoms with Crippen molar-refractivity contribution in [1.29, 1.82) is 0 Å². The van der Waals surface area contributed by atoms with Crippen LogP contribution >= 0.6 is 12.4 Å². The van der Waals surface area contributed by atoms with Crippen molar-refractivity contribution < 1.29 is 14.0 Å². The second kappa shape index (κ2) is 8.52. The van der Waals surface area contributed by atoms with E-state index in [1.54, 1.807) is 36.4 Å². The number of rotatable bonds is 4. The molecule has 3 N–H and O–H groups in total. The summed E-state index contributed by atoms with van der Waals surface area (Å²) in [5, 5.41) is 8.99. The van der Waals surface area contributed by atoms with E-state index in [2.05, 4.69) is 16.0 Å². The van der Waals surface area contributed by atoms with Crippen molar-refractivity contribution in [2.75, 3.05) is 18.4 Å². The molecule has 2 heterocycles. The van der Waals surface area contributed by atoms with Gasteiger partial charge < -0.3 is 20.4 Å². The average Bonchev–Trinajstić information content (AvgIpc) is 3.11. The minimum atomic E-state index is -0.343. The predicted octanol–water partition coefficient (Wildman–Crippen LogP) is 2.44. The van der Waals surface area contributed by atoms with E-state index in [1.165, 1.54) is 6.26 Å². The normalized spacial score (nSPS) is 16.8. The smallest absolute Gasteiger partial charge is 0.291 e. The Morgan fingerprint density at radius 2 is 2.04 bits per heavy atom. The van der Waals surface area contributed by atoms with Gasteiger partial charge in [-0.1, -0.05) is 6.07 Å². The Balaban J connectivity index is 0.00000208. The van der Waals surface area contributed by atoms with Crippen molar-refractivity contribution in [3.05, 3.63) is 54.0 Å². The summed E-state index contributed by atoms with van der Waals surface area (Å²) in [6.07, 6.45) is 3.48. The summed E-state index contributed by atoms with van der Waals surface area (Å²) < 4.78 is 5.05. The van der Waals surface area contributed by atoms with Crippen LogP contribution in [0.5, 0.6) is 0 Å². The Labute approximate surface area is 146 Å². The van der Waals surface area contributed by atoms with Crippen LogP contribution in [0.25, 0.3) is 0 Å². The van der Waals surface area contributed by atoms with Crippen LogP contribution in [0, 0.1) is 0 Å². The fourth-order valence-corrected chi connectivity index (χ4v) is 2.58. The summed E-state index contributed by atoms with van der Waals surface area (Å²) in [7, 11) is 0. The van der Waals surface area contributed by atoms with Crippen molar-refractivity contribution in [3.63, 3.8) is 0 Å². The molecule has 3 rings (SSSR count). The lowest BCUT2D eigenvalue weighted by atomic mass is 10.1. The first-order valence-corrected chi connectivity index (χ1v) is 7.69. The monoisotopic (exact) mass is 349 g/mol. The molecule has 2 amide bonds. The molecule has 6 nitrogen and oxygen atoms in total. The molecule has 1 atom stereocenters. The number of benzene rings is 1. The van der Waals surface area contributed by atoms with Crippen molar-refractivity contribution in [1.82, 2.24) is 10.6 Å². The molecule has 1 aromatic carbocycles. The third-order valence-corrected chi connectivity index (χ3v) is 3.76. The fourth-order valence-electron chi connectivity index (χ4n) is 2.58. The van der Waals surface area contributed by atoms with Gasteiger partial charge in [-0.15, -0.1) is 12.4 Å². The topological polar surface area (TPSA) is 83.4 Å². The highest BCUT2D eigenvalue weighted by Crippen LogP contribution is 2.13. The molecule has 2 aromatic rings. The van der Waals surface area contributed by atoms with Gasteiger partial charge in [0.2, 0.25) is 0 Å². The van der Waals surface area contributed by atoms with E-state index in [1.807, 2.05) is 0 Å². The van der Waals surface area contributed by atoms with Crippen molar-refractivity contribution >= 4 is 29.9 Å². The number of carbonyl (C=O) groups is 2. The number of hydrogen-bond acceptors (Lipinski definition) is 4. The molecule has 7 heteroatoms. The highest BCUT2D eigenvalue weighted by molar-refractivity contribution is 6.03. The maximum atomic E-state index is 12.3.